The van der Waals surface area contributed by atoms with Crippen LogP contribution in [-0.4, -0.2) is 0 Å². The fourth-order valence-electron chi connectivity index (χ4n) is 8.06. The summed E-state index contributed by atoms with van der Waals surface area (Å²) >= 11 is 0. The highest BCUT2D eigenvalue weighted by molar-refractivity contribution is 5.15. The molecule has 0 aromatic rings. The van der Waals surface area contributed by atoms with E-state index in [0.29, 0.717) is 0 Å². The Morgan fingerprint density at radius 3 is 1.83 bits per heavy atom. The molecule has 100 valence electrons. The highest BCUT2D eigenvalue weighted by Crippen LogP contribution is 2.73. The van der Waals surface area contributed by atoms with E-state index in [1.807, 2.05) is 0 Å². The van der Waals surface area contributed by atoms with Crippen LogP contribution in [0.2, 0.25) is 0 Å². The molecule has 5 fully saturated rings. The van der Waals surface area contributed by atoms with Gasteiger partial charge in [-0.25, -0.2) is 0 Å². The molecule has 0 saturated heterocycles. The number of fused-ring (bicyclic) bond motifs is 1. The van der Waals surface area contributed by atoms with E-state index in [4.69, 9.17) is 0 Å². The molecule has 0 bridgehead atoms. The van der Waals surface area contributed by atoms with Crippen LogP contribution in [-0.2, 0) is 0 Å². The second kappa shape index (κ2) is 3.36. The molecular formula is C18H28. The Morgan fingerprint density at radius 2 is 1.06 bits per heavy atom. The van der Waals surface area contributed by atoms with Crippen molar-refractivity contribution in [3.05, 3.63) is 0 Å². The van der Waals surface area contributed by atoms with Crippen molar-refractivity contribution in [1.82, 2.24) is 0 Å². The minimum atomic E-state index is 1.04. The van der Waals surface area contributed by atoms with Crippen molar-refractivity contribution in [2.45, 2.75) is 52.4 Å². The van der Waals surface area contributed by atoms with Gasteiger partial charge < -0.3 is 0 Å². The van der Waals surface area contributed by atoms with E-state index in [1.165, 1.54) is 29.6 Å². The molecule has 0 amide bonds. The van der Waals surface area contributed by atoms with Crippen molar-refractivity contribution >= 4 is 0 Å². The molecule has 0 heterocycles. The van der Waals surface area contributed by atoms with Crippen LogP contribution in [0.5, 0.6) is 0 Å². The number of hydrogen-bond donors (Lipinski definition) is 0. The van der Waals surface area contributed by atoms with Crippen LogP contribution in [0, 0.1) is 59.2 Å². The van der Waals surface area contributed by atoms with Crippen LogP contribution in [0.25, 0.3) is 0 Å². The maximum atomic E-state index is 2.54. The lowest BCUT2D eigenvalue weighted by Gasteiger charge is -2.63. The number of rotatable bonds is 0. The zero-order valence-electron chi connectivity index (χ0n) is 12.0. The third-order valence-corrected chi connectivity index (χ3v) is 8.03. The van der Waals surface area contributed by atoms with E-state index < -0.39 is 0 Å². The van der Waals surface area contributed by atoms with Gasteiger partial charge in [-0.2, -0.15) is 0 Å². The summed E-state index contributed by atoms with van der Waals surface area (Å²) in [6.45, 7) is 5.08. The smallest absolute Gasteiger partial charge is 0.0315 e. The molecule has 10 unspecified atom stereocenters. The van der Waals surface area contributed by atoms with Crippen molar-refractivity contribution in [3.63, 3.8) is 0 Å². The van der Waals surface area contributed by atoms with Gasteiger partial charge in [-0.1, -0.05) is 13.8 Å². The largest absolute Gasteiger partial charge is 0.0625 e. The van der Waals surface area contributed by atoms with Gasteiger partial charge in [0.1, 0.15) is 0 Å². The predicted molar refractivity (Wildman–Crippen MR) is 74.0 cm³/mol. The average Bonchev–Trinajstić information content (AvgIpc) is 2.63. The van der Waals surface area contributed by atoms with Gasteiger partial charge in [-0.3, -0.25) is 0 Å². The summed E-state index contributed by atoms with van der Waals surface area (Å²) in [5.41, 5.74) is 0. The first-order chi connectivity index (χ1) is 8.72. The Labute approximate surface area is 112 Å². The van der Waals surface area contributed by atoms with Crippen LogP contribution in [0.4, 0.5) is 0 Å². The second-order valence-electron chi connectivity index (χ2n) is 8.96. The Balaban J connectivity index is 1.53. The molecule has 5 rings (SSSR count). The molecule has 0 aromatic heterocycles. The van der Waals surface area contributed by atoms with Crippen LogP contribution >= 0.6 is 0 Å². The predicted octanol–water partition coefficient (Wildman–Crippen LogP) is 4.60. The van der Waals surface area contributed by atoms with E-state index in [1.54, 1.807) is 38.5 Å². The average molecular weight is 244 g/mol. The first-order valence-electron chi connectivity index (χ1n) is 8.72. The SMILES string of the molecule is CC1CC2CC3CC(C)CC4C5CC(C1)C2C5C34. The summed E-state index contributed by atoms with van der Waals surface area (Å²) in [7, 11) is 0. The lowest BCUT2D eigenvalue weighted by atomic mass is 9.41. The summed E-state index contributed by atoms with van der Waals surface area (Å²) in [4.78, 5) is 0. The molecule has 18 heavy (non-hydrogen) atoms. The summed E-state index contributed by atoms with van der Waals surface area (Å²) in [6.07, 6.45) is 9.66. The van der Waals surface area contributed by atoms with E-state index in [2.05, 4.69) is 13.8 Å². The van der Waals surface area contributed by atoms with Gasteiger partial charge in [0.15, 0.2) is 0 Å². The minimum absolute atomic E-state index is 1.04. The zero-order chi connectivity index (χ0) is 12.0. The number of hydrogen-bond acceptors (Lipinski definition) is 0. The normalized spacial score (nSPS) is 68.3. The third kappa shape index (κ3) is 1.15. The molecule has 5 aliphatic carbocycles. The molecule has 5 saturated carbocycles. The van der Waals surface area contributed by atoms with Crippen molar-refractivity contribution in [2.75, 3.05) is 0 Å². The highest BCUT2D eigenvalue weighted by atomic mass is 14.7. The third-order valence-electron chi connectivity index (χ3n) is 8.03. The minimum Gasteiger partial charge on any atom is -0.0625 e. The molecule has 0 heteroatoms. The Hall–Kier alpha value is 0. The van der Waals surface area contributed by atoms with E-state index in [9.17, 15) is 0 Å². The Bertz CT molecular complexity index is 368. The quantitative estimate of drug-likeness (QED) is 0.584. The van der Waals surface area contributed by atoms with E-state index >= 15 is 0 Å². The van der Waals surface area contributed by atoms with Crippen LogP contribution < -0.4 is 0 Å². The fourth-order valence-corrected chi connectivity index (χ4v) is 8.06. The van der Waals surface area contributed by atoms with E-state index in [-0.39, 0.29) is 0 Å². The summed E-state index contributed by atoms with van der Waals surface area (Å²) in [6, 6.07) is 0. The Morgan fingerprint density at radius 1 is 0.500 bits per heavy atom. The van der Waals surface area contributed by atoms with Crippen molar-refractivity contribution in [1.29, 1.82) is 0 Å². The molecule has 5 aliphatic rings. The highest BCUT2D eigenvalue weighted by Gasteiger charge is 2.67. The standard InChI is InChI=1S/C18H28/c1-9-3-11-7-12-5-10(2)6-14-15-8-13(4-9)16(11)18(15)17(12)14/h9-18H,3-8H2,1-2H3. The summed E-state index contributed by atoms with van der Waals surface area (Å²) in [5.74, 6) is 11.6. The summed E-state index contributed by atoms with van der Waals surface area (Å²) in [5, 5.41) is 0. The molecule has 0 spiro atoms. The van der Waals surface area contributed by atoms with Gasteiger partial charge >= 0.3 is 0 Å². The first kappa shape index (κ1) is 10.7. The van der Waals surface area contributed by atoms with Gasteiger partial charge in [0.05, 0.1) is 0 Å². The molecule has 10 atom stereocenters. The summed E-state index contributed by atoms with van der Waals surface area (Å²) < 4.78 is 0. The van der Waals surface area contributed by atoms with Gasteiger partial charge in [0.2, 0.25) is 0 Å². The first-order valence-corrected chi connectivity index (χ1v) is 8.72. The van der Waals surface area contributed by atoms with Crippen molar-refractivity contribution in [2.24, 2.45) is 59.2 Å². The maximum Gasteiger partial charge on any atom is -0.0315 e. The van der Waals surface area contributed by atoms with Gasteiger partial charge in [-0.05, 0) is 97.7 Å². The molecule has 0 N–H and O–H groups in total. The van der Waals surface area contributed by atoms with Crippen LogP contribution in [0.15, 0.2) is 0 Å². The van der Waals surface area contributed by atoms with Crippen LogP contribution in [0.3, 0.4) is 0 Å². The van der Waals surface area contributed by atoms with Crippen molar-refractivity contribution < 1.29 is 0 Å². The monoisotopic (exact) mass is 244 g/mol. The van der Waals surface area contributed by atoms with Gasteiger partial charge in [-0.15, -0.1) is 0 Å². The second-order valence-corrected chi connectivity index (χ2v) is 8.96. The zero-order valence-corrected chi connectivity index (χ0v) is 12.0. The topological polar surface area (TPSA) is 0 Å². The maximum absolute atomic E-state index is 2.54. The van der Waals surface area contributed by atoms with Crippen LogP contribution in [0.1, 0.15) is 52.4 Å². The van der Waals surface area contributed by atoms with E-state index in [0.717, 1.165) is 29.6 Å². The molecule has 0 radical (unpaired) electrons. The fraction of sp³-hybridized carbons (Fsp3) is 1.00. The van der Waals surface area contributed by atoms with Gasteiger partial charge in [0.25, 0.3) is 0 Å². The lowest BCUT2D eigenvalue weighted by molar-refractivity contribution is -0.153. The van der Waals surface area contributed by atoms with Gasteiger partial charge in [0, 0.05) is 0 Å². The lowest BCUT2D eigenvalue weighted by Crippen LogP contribution is -2.58. The van der Waals surface area contributed by atoms with Crippen molar-refractivity contribution in [3.8, 4) is 0 Å². The molecular weight excluding hydrogens is 216 g/mol. The molecule has 0 nitrogen and oxygen atoms in total. The molecule has 0 aliphatic heterocycles. The Kier molecular flexibility index (Phi) is 2.01. The molecule has 0 aromatic carbocycles.